The molecule has 0 aliphatic carbocycles. The van der Waals surface area contributed by atoms with Crippen molar-refractivity contribution in [1.29, 1.82) is 0 Å². The maximum absolute atomic E-state index is 10.3. The third kappa shape index (κ3) is 41.1. The summed E-state index contributed by atoms with van der Waals surface area (Å²) >= 11 is 0. The Morgan fingerprint density at radius 3 is 1.08 bits per heavy atom. The molecule has 0 aliphatic rings. The van der Waals surface area contributed by atoms with Crippen molar-refractivity contribution in [2.75, 3.05) is 0 Å². The third-order valence-electron chi connectivity index (χ3n) is 3.99. The number of unbranched alkanes of at least 4 members (excludes halogenated alkanes) is 14. The van der Waals surface area contributed by atoms with Gasteiger partial charge in [0.1, 0.15) is 0 Å². The van der Waals surface area contributed by atoms with E-state index in [0.29, 0.717) is 6.42 Å². The van der Waals surface area contributed by atoms with Gasteiger partial charge in [0.15, 0.2) is 0 Å². The molecular formula is C18H42Li2O4Zr. The van der Waals surface area contributed by atoms with Gasteiger partial charge in [-0.15, -0.1) is 0 Å². The van der Waals surface area contributed by atoms with Gasteiger partial charge in [0, 0.05) is 32.6 Å². The minimum absolute atomic E-state index is 0. The van der Waals surface area contributed by atoms with Crippen LogP contribution >= 0.6 is 0 Å². The van der Waals surface area contributed by atoms with Crippen LogP contribution in [0.4, 0.5) is 0 Å². The van der Waals surface area contributed by atoms with Crippen molar-refractivity contribution in [3.8, 4) is 0 Å². The van der Waals surface area contributed by atoms with Gasteiger partial charge in [-0.25, -0.2) is 0 Å². The van der Waals surface area contributed by atoms with Gasteiger partial charge in [-0.05, 0) is 6.42 Å². The quantitative estimate of drug-likeness (QED) is 0.301. The fourth-order valence-electron chi connectivity index (χ4n) is 2.65. The van der Waals surface area contributed by atoms with E-state index in [1.54, 1.807) is 0 Å². The average Bonchev–Trinajstić information content (AvgIpc) is 2.43. The monoisotopic (exact) mass is 426 g/mol. The predicted octanol–water partition coefficient (Wildman–Crippen LogP) is 3.38. The van der Waals surface area contributed by atoms with Crippen LogP contribution in [0, 0.1) is 0 Å². The molecule has 144 valence electrons. The van der Waals surface area contributed by atoms with Gasteiger partial charge in [-0.1, -0.05) is 96.8 Å². The van der Waals surface area contributed by atoms with Crippen LogP contribution in [0.5, 0.6) is 0 Å². The molecule has 4 nitrogen and oxygen atoms in total. The molecule has 25 heavy (non-hydrogen) atoms. The zero-order valence-corrected chi connectivity index (χ0v) is 17.6. The molecule has 0 unspecified atom stereocenters. The minimum atomic E-state index is -0.653. The summed E-state index contributed by atoms with van der Waals surface area (Å²) in [6.45, 7) is 2.27. The van der Waals surface area contributed by atoms with Gasteiger partial charge in [0.05, 0.1) is 0 Å². The Morgan fingerprint density at radius 2 is 0.840 bits per heavy atom. The zero-order chi connectivity index (χ0) is 14.9. The third-order valence-corrected chi connectivity index (χ3v) is 3.99. The molecule has 7 heteroatoms. The summed E-state index contributed by atoms with van der Waals surface area (Å²) in [4.78, 5) is 10.3. The van der Waals surface area contributed by atoms with Crippen molar-refractivity contribution in [1.82, 2.24) is 0 Å². The van der Waals surface area contributed by atoms with E-state index in [0.717, 1.165) is 12.8 Å². The molecule has 0 aliphatic heterocycles. The Morgan fingerprint density at radius 1 is 0.600 bits per heavy atom. The standard InChI is InChI=1S/C18H36O2.2Li.2H2O.Zr.2H/c1-2-3-4-5-6-7-8-9-10-11-12-13-14-15-16-17-18(19)20;;;;;;;/h2-17H2,1H3,(H,19,20);;;2*1H2;;;. The van der Waals surface area contributed by atoms with Crippen molar-refractivity contribution in [2.24, 2.45) is 0 Å². The number of carboxylic acid groups (broad SMARTS) is 1. The van der Waals surface area contributed by atoms with Crippen molar-refractivity contribution in [2.45, 2.75) is 110 Å². The number of carboxylic acids is 1. The predicted molar refractivity (Wildman–Crippen MR) is 109 cm³/mol. The molecule has 0 fully saturated rings. The Balaban J connectivity index is -0.000000180. The molecule has 0 aromatic heterocycles. The number of hydrogen-bond acceptors (Lipinski definition) is 1. The summed E-state index contributed by atoms with van der Waals surface area (Å²) in [6.07, 6.45) is 20.2. The second kappa shape index (κ2) is 36.4. The van der Waals surface area contributed by atoms with Gasteiger partial charge in [-0.3, -0.25) is 4.79 Å². The van der Waals surface area contributed by atoms with Crippen LogP contribution in [-0.2, 0) is 31.0 Å². The van der Waals surface area contributed by atoms with Gasteiger partial charge in [-0.2, -0.15) is 0 Å². The molecular weight excluding hydrogens is 385 g/mol. The first-order valence-corrected chi connectivity index (χ1v) is 8.99. The number of rotatable bonds is 16. The summed E-state index contributed by atoms with van der Waals surface area (Å²) in [6, 6.07) is 0. The molecule has 0 saturated carbocycles. The average molecular weight is 428 g/mol. The van der Waals surface area contributed by atoms with Crippen molar-refractivity contribution in [3.05, 3.63) is 0 Å². The van der Waals surface area contributed by atoms with Crippen LogP contribution in [0.1, 0.15) is 110 Å². The van der Waals surface area contributed by atoms with Crippen LogP contribution in [0.3, 0.4) is 0 Å². The van der Waals surface area contributed by atoms with Gasteiger partial charge < -0.3 is 16.1 Å². The van der Waals surface area contributed by atoms with E-state index in [1.807, 2.05) is 0 Å². The topological polar surface area (TPSA) is 100 Å². The molecule has 5 N–H and O–H groups in total. The van der Waals surface area contributed by atoms with E-state index >= 15 is 0 Å². The molecule has 0 radical (unpaired) electrons. The molecule has 0 heterocycles. The van der Waals surface area contributed by atoms with Crippen LogP contribution in [-0.4, -0.2) is 59.7 Å². The molecule has 0 saturated heterocycles. The Labute approximate surface area is 199 Å². The van der Waals surface area contributed by atoms with E-state index in [-0.39, 0.29) is 74.9 Å². The van der Waals surface area contributed by atoms with Crippen molar-refractivity contribution >= 4 is 43.7 Å². The van der Waals surface area contributed by atoms with Gasteiger partial charge in [0.2, 0.25) is 0 Å². The first kappa shape index (κ1) is 41.0. The van der Waals surface area contributed by atoms with E-state index in [1.165, 1.54) is 83.5 Å². The Bertz CT molecular complexity index is 223. The number of aliphatic carboxylic acids is 1. The minimum Gasteiger partial charge on any atom is 0 e. The maximum atomic E-state index is 10.3. The van der Waals surface area contributed by atoms with E-state index < -0.39 is 5.97 Å². The van der Waals surface area contributed by atoms with Crippen LogP contribution < -0.4 is 0 Å². The molecule has 0 rings (SSSR count). The second-order valence-corrected chi connectivity index (χ2v) is 6.09. The van der Waals surface area contributed by atoms with E-state index in [4.69, 9.17) is 5.11 Å². The summed E-state index contributed by atoms with van der Waals surface area (Å²) in [7, 11) is 0. The summed E-state index contributed by atoms with van der Waals surface area (Å²) in [5, 5.41) is 8.52. The normalized spacial score (nSPS) is 8.68. The van der Waals surface area contributed by atoms with E-state index in [9.17, 15) is 4.79 Å². The first-order valence-electron chi connectivity index (χ1n) is 8.99. The maximum Gasteiger partial charge on any atom is 0 e. The number of carbonyl (C=O) groups is 1. The second-order valence-electron chi connectivity index (χ2n) is 6.09. The Hall–Kier alpha value is 1.47. The Kier molecular flexibility index (Phi) is 59.7. The van der Waals surface area contributed by atoms with Crippen LogP contribution in [0.15, 0.2) is 0 Å². The fraction of sp³-hybridized carbons (Fsp3) is 0.944. The molecule has 0 atom stereocenters. The molecule has 0 bridgehead atoms. The number of hydrogen-bond donors (Lipinski definition) is 1. The molecule has 0 aromatic rings. The van der Waals surface area contributed by atoms with Crippen LogP contribution in [0.2, 0.25) is 0 Å². The summed E-state index contributed by atoms with van der Waals surface area (Å²) < 4.78 is 0. The van der Waals surface area contributed by atoms with Gasteiger partial charge in [0.25, 0.3) is 0 Å². The van der Waals surface area contributed by atoms with Crippen molar-refractivity contribution < 1.29 is 47.1 Å². The van der Waals surface area contributed by atoms with Crippen molar-refractivity contribution in [3.63, 3.8) is 0 Å². The first-order chi connectivity index (χ1) is 9.77. The van der Waals surface area contributed by atoms with Crippen LogP contribution in [0.25, 0.3) is 0 Å². The SMILES string of the molecule is CCCCCCCCCCCCCCCCCC(=O)O.O.O.[LiH].[LiH].[Zr]. The van der Waals surface area contributed by atoms with Gasteiger partial charge >= 0.3 is 43.7 Å². The zero-order valence-electron chi connectivity index (χ0n) is 15.2. The fourth-order valence-corrected chi connectivity index (χ4v) is 2.65. The molecule has 0 spiro atoms. The molecule has 0 amide bonds. The molecule has 0 aromatic carbocycles. The van der Waals surface area contributed by atoms with E-state index in [2.05, 4.69) is 6.92 Å². The summed E-state index contributed by atoms with van der Waals surface area (Å²) in [5.74, 6) is -0.653. The summed E-state index contributed by atoms with van der Waals surface area (Å²) in [5.41, 5.74) is 0. The smallest absolute Gasteiger partial charge is 0 e. The largest absolute Gasteiger partial charge is 0 e.